The van der Waals surface area contributed by atoms with Gasteiger partial charge >= 0.3 is 0 Å². The SMILES string of the molecule is COCC(C)CNc1ccc2oc(C3CC3)nc2c1. The van der Waals surface area contributed by atoms with Gasteiger partial charge in [0, 0.05) is 25.3 Å². The summed E-state index contributed by atoms with van der Waals surface area (Å²) in [6.45, 7) is 3.83. The van der Waals surface area contributed by atoms with Gasteiger partial charge in [0.1, 0.15) is 5.52 Å². The largest absolute Gasteiger partial charge is 0.440 e. The van der Waals surface area contributed by atoms with Crippen LogP contribution >= 0.6 is 0 Å². The van der Waals surface area contributed by atoms with E-state index in [1.165, 1.54) is 12.8 Å². The van der Waals surface area contributed by atoms with Crippen LogP contribution in [0.2, 0.25) is 0 Å². The van der Waals surface area contributed by atoms with Gasteiger partial charge in [0.2, 0.25) is 0 Å². The predicted octanol–water partition coefficient (Wildman–Crippen LogP) is 3.40. The Morgan fingerprint density at radius 1 is 1.47 bits per heavy atom. The molecule has 4 heteroatoms. The van der Waals surface area contributed by atoms with E-state index >= 15 is 0 Å². The topological polar surface area (TPSA) is 47.3 Å². The molecule has 0 aliphatic heterocycles. The highest BCUT2D eigenvalue weighted by Gasteiger charge is 2.28. The molecule has 1 heterocycles. The lowest BCUT2D eigenvalue weighted by molar-refractivity contribution is 0.164. The number of nitrogens with zero attached hydrogens (tertiary/aromatic N) is 1. The first-order valence-corrected chi connectivity index (χ1v) is 6.89. The second-order valence-corrected chi connectivity index (χ2v) is 5.45. The number of fused-ring (bicyclic) bond motifs is 1. The number of hydrogen-bond acceptors (Lipinski definition) is 4. The Kier molecular flexibility index (Phi) is 3.42. The molecule has 2 aromatic rings. The predicted molar refractivity (Wildman–Crippen MR) is 75.5 cm³/mol. The molecule has 0 spiro atoms. The second-order valence-electron chi connectivity index (χ2n) is 5.45. The minimum atomic E-state index is 0.486. The van der Waals surface area contributed by atoms with Gasteiger partial charge in [0.05, 0.1) is 6.61 Å². The van der Waals surface area contributed by atoms with Crippen molar-refractivity contribution in [1.29, 1.82) is 0 Å². The zero-order valence-corrected chi connectivity index (χ0v) is 11.5. The highest BCUT2D eigenvalue weighted by atomic mass is 16.5. The molecule has 0 saturated heterocycles. The van der Waals surface area contributed by atoms with Crippen molar-refractivity contribution in [2.45, 2.75) is 25.7 Å². The number of oxazole rings is 1. The molecule has 1 aromatic heterocycles. The van der Waals surface area contributed by atoms with Crippen molar-refractivity contribution < 1.29 is 9.15 Å². The molecule has 0 radical (unpaired) electrons. The van der Waals surface area contributed by atoms with E-state index in [-0.39, 0.29) is 0 Å². The fraction of sp³-hybridized carbons (Fsp3) is 0.533. The number of methoxy groups -OCH3 is 1. The third-order valence-corrected chi connectivity index (χ3v) is 3.44. The first kappa shape index (κ1) is 12.5. The molecule has 1 unspecified atom stereocenters. The number of nitrogens with one attached hydrogen (secondary N) is 1. The van der Waals surface area contributed by atoms with Crippen LogP contribution in [-0.4, -0.2) is 25.2 Å². The third-order valence-electron chi connectivity index (χ3n) is 3.44. The number of aromatic nitrogens is 1. The summed E-state index contributed by atoms with van der Waals surface area (Å²) in [5, 5.41) is 3.41. The molecule has 1 saturated carbocycles. The number of ether oxygens (including phenoxy) is 1. The molecular weight excluding hydrogens is 240 g/mol. The lowest BCUT2D eigenvalue weighted by Gasteiger charge is -2.12. The van der Waals surface area contributed by atoms with Crippen LogP contribution < -0.4 is 5.32 Å². The van der Waals surface area contributed by atoms with Crippen LogP contribution in [0.5, 0.6) is 0 Å². The van der Waals surface area contributed by atoms with Crippen molar-refractivity contribution >= 4 is 16.8 Å². The monoisotopic (exact) mass is 260 g/mol. The van der Waals surface area contributed by atoms with Gasteiger partial charge in [-0.2, -0.15) is 0 Å². The van der Waals surface area contributed by atoms with E-state index in [4.69, 9.17) is 9.15 Å². The Morgan fingerprint density at radius 3 is 3.05 bits per heavy atom. The summed E-state index contributed by atoms with van der Waals surface area (Å²) in [7, 11) is 1.73. The van der Waals surface area contributed by atoms with Gasteiger partial charge in [0.25, 0.3) is 0 Å². The van der Waals surface area contributed by atoms with E-state index in [0.29, 0.717) is 11.8 Å². The van der Waals surface area contributed by atoms with E-state index < -0.39 is 0 Å². The van der Waals surface area contributed by atoms with Gasteiger partial charge in [-0.1, -0.05) is 6.92 Å². The molecule has 1 aromatic carbocycles. The highest BCUT2D eigenvalue weighted by Crippen LogP contribution is 2.40. The van der Waals surface area contributed by atoms with Crippen molar-refractivity contribution in [1.82, 2.24) is 4.98 Å². The molecule has 0 bridgehead atoms. The van der Waals surface area contributed by atoms with Gasteiger partial charge in [-0.3, -0.25) is 0 Å². The zero-order valence-electron chi connectivity index (χ0n) is 11.5. The molecule has 1 atom stereocenters. The Labute approximate surface area is 113 Å². The summed E-state index contributed by atoms with van der Waals surface area (Å²) >= 11 is 0. The average molecular weight is 260 g/mol. The summed E-state index contributed by atoms with van der Waals surface area (Å²) in [6, 6.07) is 6.10. The van der Waals surface area contributed by atoms with Crippen LogP contribution in [0, 0.1) is 5.92 Å². The van der Waals surface area contributed by atoms with Crippen molar-refractivity contribution in [3.63, 3.8) is 0 Å². The molecule has 1 fully saturated rings. The quantitative estimate of drug-likeness (QED) is 0.864. The zero-order chi connectivity index (χ0) is 13.2. The maximum absolute atomic E-state index is 5.75. The normalized spacial score (nSPS) is 16.7. The van der Waals surface area contributed by atoms with E-state index in [2.05, 4.69) is 23.3 Å². The van der Waals surface area contributed by atoms with E-state index in [1.54, 1.807) is 7.11 Å². The maximum atomic E-state index is 5.75. The summed E-state index contributed by atoms with van der Waals surface area (Å²) < 4.78 is 10.9. The first-order chi connectivity index (χ1) is 9.26. The number of hydrogen-bond donors (Lipinski definition) is 1. The van der Waals surface area contributed by atoms with Gasteiger partial charge in [0.15, 0.2) is 11.5 Å². The van der Waals surface area contributed by atoms with Crippen molar-refractivity contribution in [2.24, 2.45) is 5.92 Å². The van der Waals surface area contributed by atoms with Crippen molar-refractivity contribution in [2.75, 3.05) is 25.6 Å². The summed E-state index contributed by atoms with van der Waals surface area (Å²) in [4.78, 5) is 4.57. The number of anilines is 1. The van der Waals surface area contributed by atoms with Crippen LogP contribution in [-0.2, 0) is 4.74 Å². The molecule has 4 nitrogen and oxygen atoms in total. The lowest BCUT2D eigenvalue weighted by Crippen LogP contribution is -2.15. The standard InChI is InChI=1S/C15H20N2O2/c1-10(9-18-2)8-16-12-5-6-14-13(7-12)17-15(19-14)11-3-4-11/h5-7,10-11,16H,3-4,8-9H2,1-2H3. The molecule has 1 aliphatic carbocycles. The Hall–Kier alpha value is -1.55. The van der Waals surface area contributed by atoms with Gasteiger partial charge in [-0.05, 0) is 37.0 Å². The Balaban J connectivity index is 1.70. The Bertz CT molecular complexity index is 560. The van der Waals surface area contributed by atoms with Crippen LogP contribution in [0.4, 0.5) is 5.69 Å². The van der Waals surface area contributed by atoms with Gasteiger partial charge in [-0.15, -0.1) is 0 Å². The Morgan fingerprint density at radius 2 is 2.32 bits per heavy atom. The molecule has 102 valence electrons. The second kappa shape index (κ2) is 5.21. The summed E-state index contributed by atoms with van der Waals surface area (Å²) in [5.41, 5.74) is 2.93. The smallest absolute Gasteiger partial charge is 0.198 e. The van der Waals surface area contributed by atoms with Crippen LogP contribution in [0.1, 0.15) is 31.6 Å². The minimum Gasteiger partial charge on any atom is -0.440 e. The third kappa shape index (κ3) is 2.89. The fourth-order valence-corrected chi connectivity index (χ4v) is 2.20. The molecule has 19 heavy (non-hydrogen) atoms. The van der Waals surface area contributed by atoms with E-state index in [0.717, 1.165) is 35.8 Å². The fourth-order valence-electron chi connectivity index (χ4n) is 2.20. The van der Waals surface area contributed by atoms with E-state index in [1.807, 2.05) is 12.1 Å². The van der Waals surface area contributed by atoms with Crippen LogP contribution in [0.25, 0.3) is 11.1 Å². The van der Waals surface area contributed by atoms with Gasteiger partial charge in [-0.25, -0.2) is 4.98 Å². The minimum absolute atomic E-state index is 0.486. The molecule has 1 N–H and O–H groups in total. The lowest BCUT2D eigenvalue weighted by atomic mass is 10.2. The van der Waals surface area contributed by atoms with Gasteiger partial charge < -0.3 is 14.5 Å². The van der Waals surface area contributed by atoms with Crippen LogP contribution in [0.3, 0.4) is 0 Å². The molecule has 1 aliphatic rings. The molecule has 0 amide bonds. The molecule has 3 rings (SSSR count). The van der Waals surface area contributed by atoms with Crippen molar-refractivity contribution in [3.8, 4) is 0 Å². The highest BCUT2D eigenvalue weighted by molar-refractivity contribution is 5.77. The summed E-state index contributed by atoms with van der Waals surface area (Å²) in [5.74, 6) is 1.95. The molecular formula is C15H20N2O2. The number of benzene rings is 1. The van der Waals surface area contributed by atoms with Crippen LogP contribution in [0.15, 0.2) is 22.6 Å². The van der Waals surface area contributed by atoms with Crippen molar-refractivity contribution in [3.05, 3.63) is 24.1 Å². The number of rotatable bonds is 6. The summed E-state index contributed by atoms with van der Waals surface area (Å²) in [6.07, 6.45) is 2.43. The van der Waals surface area contributed by atoms with E-state index in [9.17, 15) is 0 Å². The average Bonchev–Trinajstić information content (AvgIpc) is 3.16. The maximum Gasteiger partial charge on any atom is 0.198 e. The first-order valence-electron chi connectivity index (χ1n) is 6.89.